The van der Waals surface area contributed by atoms with Crippen LogP contribution in [0.4, 0.5) is 0 Å². The van der Waals surface area contributed by atoms with Crippen molar-refractivity contribution in [2.45, 2.75) is 18.6 Å². The van der Waals surface area contributed by atoms with Gasteiger partial charge in [0.2, 0.25) is 0 Å². The molecular formula is C24H24N2O2. The zero-order chi connectivity index (χ0) is 19.2. The van der Waals surface area contributed by atoms with Crippen LogP contribution in [0.5, 0.6) is 0 Å². The van der Waals surface area contributed by atoms with Crippen LogP contribution in [0.25, 0.3) is 11.0 Å². The minimum Gasteiger partial charge on any atom is -0.389 e. The summed E-state index contributed by atoms with van der Waals surface area (Å²) in [6, 6.07) is 28.6. The highest BCUT2D eigenvalue weighted by molar-refractivity contribution is 5.74. The van der Waals surface area contributed by atoms with Gasteiger partial charge in [0.25, 0.3) is 0 Å². The molecule has 1 N–H and O–H groups in total. The molecule has 0 spiro atoms. The zero-order valence-corrected chi connectivity index (χ0v) is 15.7. The highest BCUT2D eigenvalue weighted by atomic mass is 16.5. The molecule has 4 rings (SSSR count). The molecule has 1 atom stereocenters. The molecule has 0 fully saturated rings. The van der Waals surface area contributed by atoms with Gasteiger partial charge in [-0.2, -0.15) is 0 Å². The van der Waals surface area contributed by atoms with E-state index in [4.69, 9.17) is 4.74 Å². The third-order valence-corrected chi connectivity index (χ3v) is 4.93. The first-order chi connectivity index (χ1) is 13.8. The molecule has 28 heavy (non-hydrogen) atoms. The number of hydrogen-bond donors (Lipinski definition) is 1. The van der Waals surface area contributed by atoms with Crippen LogP contribution in [0.1, 0.15) is 17.0 Å². The maximum absolute atomic E-state index is 10.5. The topological polar surface area (TPSA) is 47.3 Å². The Bertz CT molecular complexity index is 959. The fourth-order valence-corrected chi connectivity index (χ4v) is 3.51. The predicted octanol–water partition coefficient (Wildman–Crippen LogP) is 4.25. The second-order valence-electron chi connectivity index (χ2n) is 6.95. The van der Waals surface area contributed by atoms with Gasteiger partial charge in [0.05, 0.1) is 43.2 Å². The summed E-state index contributed by atoms with van der Waals surface area (Å²) in [6.45, 7) is 1.26. The number of aromatic nitrogens is 2. The normalized spacial score (nSPS) is 12.5. The fourth-order valence-electron chi connectivity index (χ4n) is 3.51. The Labute approximate surface area is 165 Å². The van der Waals surface area contributed by atoms with Crippen molar-refractivity contribution in [3.63, 3.8) is 0 Å². The van der Waals surface area contributed by atoms with Gasteiger partial charge >= 0.3 is 0 Å². The first-order valence-corrected chi connectivity index (χ1v) is 9.57. The highest BCUT2D eigenvalue weighted by Crippen LogP contribution is 2.25. The summed E-state index contributed by atoms with van der Waals surface area (Å²) < 4.78 is 7.91. The Balaban J connectivity index is 1.39. The SMILES string of the molecule is O[C@@H](COCC(c1ccccc1)c1ccccc1)Cn1cnc2ccccc21. The minimum atomic E-state index is -0.593. The average Bonchev–Trinajstić information content (AvgIpc) is 3.15. The van der Waals surface area contributed by atoms with Crippen LogP contribution >= 0.6 is 0 Å². The van der Waals surface area contributed by atoms with E-state index in [1.807, 2.05) is 65.2 Å². The van der Waals surface area contributed by atoms with Gasteiger partial charge in [-0.25, -0.2) is 4.98 Å². The molecule has 0 bridgehead atoms. The standard InChI is InChI=1S/C24H24N2O2/c27-21(15-26-18-25-23-13-7-8-14-24(23)26)16-28-17-22(19-9-3-1-4-10-19)20-11-5-2-6-12-20/h1-14,18,21-22,27H,15-17H2/t21-/m1/s1. The zero-order valence-electron chi connectivity index (χ0n) is 15.7. The molecule has 0 aliphatic carbocycles. The van der Waals surface area contributed by atoms with Crippen LogP contribution in [0.3, 0.4) is 0 Å². The Morgan fingerprint density at radius 2 is 1.39 bits per heavy atom. The maximum atomic E-state index is 10.5. The number of aliphatic hydroxyl groups excluding tert-OH is 1. The lowest BCUT2D eigenvalue weighted by molar-refractivity contribution is 0.0259. The van der Waals surface area contributed by atoms with Gasteiger partial charge < -0.3 is 14.4 Å². The van der Waals surface area contributed by atoms with Crippen molar-refractivity contribution in [3.05, 3.63) is 102 Å². The van der Waals surface area contributed by atoms with Crippen LogP contribution < -0.4 is 0 Å². The molecule has 4 heteroatoms. The average molecular weight is 372 g/mol. The van der Waals surface area contributed by atoms with Gasteiger partial charge in [-0.1, -0.05) is 72.8 Å². The van der Waals surface area contributed by atoms with Crippen LogP contribution in [0, 0.1) is 0 Å². The summed E-state index contributed by atoms with van der Waals surface area (Å²) >= 11 is 0. The van der Waals surface area contributed by atoms with E-state index in [9.17, 15) is 5.11 Å². The Kier molecular flexibility index (Phi) is 5.80. The van der Waals surface area contributed by atoms with Crippen LogP contribution in [-0.4, -0.2) is 34.0 Å². The molecule has 142 valence electrons. The summed E-state index contributed by atoms with van der Waals surface area (Å²) in [5.41, 5.74) is 4.38. The number of imidazole rings is 1. The molecular weight excluding hydrogens is 348 g/mol. The summed E-state index contributed by atoms with van der Waals surface area (Å²) in [7, 11) is 0. The van der Waals surface area contributed by atoms with E-state index >= 15 is 0 Å². The maximum Gasteiger partial charge on any atom is 0.0959 e. The number of ether oxygens (including phenoxy) is 1. The number of fused-ring (bicyclic) bond motifs is 1. The molecule has 0 aliphatic heterocycles. The lowest BCUT2D eigenvalue weighted by Gasteiger charge is -2.20. The van der Waals surface area contributed by atoms with E-state index in [2.05, 4.69) is 29.2 Å². The Morgan fingerprint density at radius 1 is 0.786 bits per heavy atom. The summed E-state index contributed by atoms with van der Waals surface area (Å²) in [6.07, 6.45) is 1.18. The predicted molar refractivity (Wildman–Crippen MR) is 111 cm³/mol. The first kappa shape index (κ1) is 18.4. The molecule has 1 aromatic heterocycles. The number of benzene rings is 3. The Hall–Kier alpha value is -2.95. The van der Waals surface area contributed by atoms with Crippen LogP contribution in [0.2, 0.25) is 0 Å². The molecule has 0 saturated heterocycles. The number of rotatable bonds is 8. The van der Waals surface area contributed by atoms with Crippen molar-refractivity contribution in [1.82, 2.24) is 9.55 Å². The molecule has 0 saturated carbocycles. The monoisotopic (exact) mass is 372 g/mol. The van der Waals surface area contributed by atoms with Crippen LogP contribution in [-0.2, 0) is 11.3 Å². The van der Waals surface area contributed by atoms with Crippen molar-refractivity contribution < 1.29 is 9.84 Å². The van der Waals surface area contributed by atoms with Gasteiger partial charge in [-0.3, -0.25) is 0 Å². The first-order valence-electron chi connectivity index (χ1n) is 9.57. The Morgan fingerprint density at radius 3 is 2.07 bits per heavy atom. The molecule has 4 aromatic rings. The summed E-state index contributed by atoms with van der Waals surface area (Å²) in [4.78, 5) is 4.37. The van der Waals surface area contributed by atoms with Crippen molar-refractivity contribution >= 4 is 11.0 Å². The van der Waals surface area contributed by atoms with E-state index in [0.29, 0.717) is 13.2 Å². The minimum absolute atomic E-state index is 0.142. The van der Waals surface area contributed by atoms with Gasteiger partial charge in [0.1, 0.15) is 0 Å². The molecule has 4 nitrogen and oxygen atoms in total. The second kappa shape index (κ2) is 8.83. The lowest BCUT2D eigenvalue weighted by Crippen LogP contribution is -2.23. The molecule has 1 heterocycles. The van der Waals surface area contributed by atoms with E-state index in [-0.39, 0.29) is 12.5 Å². The fraction of sp³-hybridized carbons (Fsp3) is 0.208. The largest absolute Gasteiger partial charge is 0.389 e. The molecule has 0 unspecified atom stereocenters. The van der Waals surface area contributed by atoms with Gasteiger partial charge in [-0.05, 0) is 23.3 Å². The lowest BCUT2D eigenvalue weighted by atomic mass is 9.92. The number of aliphatic hydroxyl groups is 1. The number of para-hydroxylation sites is 2. The van der Waals surface area contributed by atoms with E-state index in [0.717, 1.165) is 11.0 Å². The molecule has 0 radical (unpaired) electrons. The highest BCUT2D eigenvalue weighted by Gasteiger charge is 2.15. The number of nitrogens with zero attached hydrogens (tertiary/aromatic N) is 2. The van der Waals surface area contributed by atoms with Crippen molar-refractivity contribution in [1.29, 1.82) is 0 Å². The third-order valence-electron chi connectivity index (χ3n) is 4.93. The van der Waals surface area contributed by atoms with Gasteiger partial charge in [0.15, 0.2) is 0 Å². The van der Waals surface area contributed by atoms with E-state index in [1.165, 1.54) is 11.1 Å². The van der Waals surface area contributed by atoms with Gasteiger partial charge in [0, 0.05) is 5.92 Å². The van der Waals surface area contributed by atoms with Crippen molar-refractivity contribution in [3.8, 4) is 0 Å². The summed E-state index contributed by atoms with van der Waals surface area (Å²) in [5.74, 6) is 0.142. The quantitative estimate of drug-likeness (QED) is 0.503. The van der Waals surface area contributed by atoms with Crippen LogP contribution in [0.15, 0.2) is 91.3 Å². The third kappa shape index (κ3) is 4.30. The van der Waals surface area contributed by atoms with E-state index in [1.54, 1.807) is 6.33 Å². The number of hydrogen-bond acceptors (Lipinski definition) is 3. The molecule has 0 amide bonds. The van der Waals surface area contributed by atoms with Crippen molar-refractivity contribution in [2.75, 3.05) is 13.2 Å². The molecule has 3 aromatic carbocycles. The van der Waals surface area contributed by atoms with Crippen molar-refractivity contribution in [2.24, 2.45) is 0 Å². The van der Waals surface area contributed by atoms with E-state index < -0.39 is 6.10 Å². The second-order valence-corrected chi connectivity index (χ2v) is 6.95. The molecule has 0 aliphatic rings. The van der Waals surface area contributed by atoms with Gasteiger partial charge in [-0.15, -0.1) is 0 Å². The summed E-state index contributed by atoms with van der Waals surface area (Å²) in [5, 5.41) is 10.5. The smallest absolute Gasteiger partial charge is 0.0959 e.